The highest BCUT2D eigenvalue weighted by Crippen LogP contribution is 2.12. The van der Waals surface area contributed by atoms with Gasteiger partial charge in [0.2, 0.25) is 0 Å². The molecule has 0 atom stereocenters. The van der Waals surface area contributed by atoms with Crippen LogP contribution in [0.1, 0.15) is 15.9 Å². The van der Waals surface area contributed by atoms with Gasteiger partial charge in [0.15, 0.2) is 5.11 Å². The molecule has 0 aliphatic rings. The van der Waals surface area contributed by atoms with Gasteiger partial charge in [-0.3, -0.25) is 0 Å². The quantitative estimate of drug-likeness (QED) is 0.534. The van der Waals surface area contributed by atoms with Gasteiger partial charge < -0.3 is 19.9 Å². The number of methoxy groups -OCH3 is 1. The predicted octanol–water partition coefficient (Wildman–Crippen LogP) is 3.15. The highest BCUT2D eigenvalue weighted by Gasteiger charge is 2.06. The third kappa shape index (κ3) is 4.46. The van der Waals surface area contributed by atoms with E-state index < -0.39 is 0 Å². The Morgan fingerprint density at radius 2 is 2.04 bits per heavy atom. The van der Waals surface area contributed by atoms with Gasteiger partial charge in [0.05, 0.1) is 19.0 Å². The van der Waals surface area contributed by atoms with Crippen LogP contribution >= 0.6 is 12.2 Å². The minimum atomic E-state index is -0.384. The molecule has 0 saturated carbocycles. The van der Waals surface area contributed by atoms with Crippen LogP contribution in [0.5, 0.6) is 0 Å². The maximum atomic E-state index is 11.6. The molecule has 3 aromatic rings. The topological polar surface area (TPSA) is 68.2 Å². The first-order chi connectivity index (χ1) is 12.7. The highest BCUT2D eigenvalue weighted by molar-refractivity contribution is 7.80. The maximum Gasteiger partial charge on any atom is 0.337 e. The molecule has 1 aromatic heterocycles. The summed E-state index contributed by atoms with van der Waals surface area (Å²) >= 11 is 5.31. The molecule has 2 aromatic carbocycles. The number of esters is 1. The number of benzene rings is 2. The predicted molar refractivity (Wildman–Crippen MR) is 104 cm³/mol. The first kappa shape index (κ1) is 17.6. The van der Waals surface area contributed by atoms with Gasteiger partial charge in [-0.15, -0.1) is 0 Å². The van der Waals surface area contributed by atoms with E-state index in [-0.39, 0.29) is 5.97 Å². The Balaban J connectivity index is 1.55. The van der Waals surface area contributed by atoms with Crippen LogP contribution in [0.3, 0.4) is 0 Å². The van der Waals surface area contributed by atoms with Crippen LogP contribution in [0.15, 0.2) is 67.3 Å². The number of imidazole rings is 1. The molecule has 0 spiro atoms. The van der Waals surface area contributed by atoms with E-state index in [0.717, 1.165) is 16.9 Å². The number of carbonyl (C=O) groups excluding carboxylic acids is 1. The Bertz CT molecular complexity index is 892. The van der Waals surface area contributed by atoms with E-state index in [9.17, 15) is 4.79 Å². The molecule has 0 aliphatic carbocycles. The molecule has 1 heterocycles. The summed E-state index contributed by atoms with van der Waals surface area (Å²) in [5.41, 5.74) is 3.34. The second-order valence-electron chi connectivity index (χ2n) is 5.52. The molecular weight excluding hydrogens is 348 g/mol. The average Bonchev–Trinajstić information content (AvgIpc) is 3.21. The molecule has 26 heavy (non-hydrogen) atoms. The maximum absolute atomic E-state index is 11.6. The van der Waals surface area contributed by atoms with Gasteiger partial charge in [0.25, 0.3) is 0 Å². The van der Waals surface area contributed by atoms with Crippen LogP contribution < -0.4 is 10.6 Å². The molecule has 132 valence electrons. The molecule has 0 fully saturated rings. The van der Waals surface area contributed by atoms with E-state index in [1.165, 1.54) is 7.11 Å². The molecule has 0 unspecified atom stereocenters. The third-order valence-corrected chi connectivity index (χ3v) is 3.98. The summed E-state index contributed by atoms with van der Waals surface area (Å²) in [4.78, 5) is 15.6. The van der Waals surface area contributed by atoms with Crippen LogP contribution in [0.25, 0.3) is 5.69 Å². The summed E-state index contributed by atoms with van der Waals surface area (Å²) in [5, 5.41) is 6.69. The van der Waals surface area contributed by atoms with Gasteiger partial charge in [-0.2, -0.15) is 0 Å². The van der Waals surface area contributed by atoms with Crippen molar-refractivity contribution in [3.05, 3.63) is 78.4 Å². The van der Waals surface area contributed by atoms with Gasteiger partial charge in [-0.1, -0.05) is 18.2 Å². The van der Waals surface area contributed by atoms with E-state index in [4.69, 9.17) is 17.0 Å². The van der Waals surface area contributed by atoms with E-state index >= 15 is 0 Å². The number of hydrogen-bond donors (Lipinski definition) is 2. The fourth-order valence-electron chi connectivity index (χ4n) is 2.40. The fourth-order valence-corrected chi connectivity index (χ4v) is 2.59. The van der Waals surface area contributed by atoms with Crippen LogP contribution in [0, 0.1) is 0 Å². The zero-order chi connectivity index (χ0) is 18.4. The number of rotatable bonds is 5. The Morgan fingerprint density at radius 3 is 2.73 bits per heavy atom. The average molecular weight is 366 g/mol. The standard InChI is InChI=1S/C19H18N4O2S/c1-25-18(24)15-3-2-4-16(11-15)22-19(26)21-12-14-5-7-17(8-6-14)23-10-9-20-13-23/h2-11,13H,12H2,1H3,(H2,21,22,26). The van der Waals surface area contributed by atoms with Gasteiger partial charge in [0, 0.05) is 30.3 Å². The first-order valence-electron chi connectivity index (χ1n) is 7.96. The van der Waals surface area contributed by atoms with Crippen molar-refractivity contribution in [2.45, 2.75) is 6.54 Å². The molecule has 0 radical (unpaired) electrons. The summed E-state index contributed by atoms with van der Waals surface area (Å²) < 4.78 is 6.66. The normalized spacial score (nSPS) is 10.2. The Hall–Kier alpha value is -3.19. The molecule has 7 heteroatoms. The van der Waals surface area contributed by atoms with Gasteiger partial charge in [-0.25, -0.2) is 9.78 Å². The molecule has 0 amide bonds. The first-order valence-corrected chi connectivity index (χ1v) is 8.37. The third-order valence-electron chi connectivity index (χ3n) is 3.73. The van der Waals surface area contributed by atoms with Crippen molar-refractivity contribution in [3.63, 3.8) is 0 Å². The molecule has 6 nitrogen and oxygen atoms in total. The zero-order valence-corrected chi connectivity index (χ0v) is 15.0. The smallest absolute Gasteiger partial charge is 0.337 e. The minimum absolute atomic E-state index is 0.384. The van der Waals surface area contributed by atoms with Crippen LogP contribution in [-0.4, -0.2) is 27.7 Å². The summed E-state index contributed by atoms with van der Waals surface area (Å²) in [5.74, 6) is -0.384. The number of ether oxygens (including phenoxy) is 1. The van der Waals surface area contributed by atoms with E-state index in [2.05, 4.69) is 15.6 Å². The molecule has 0 aliphatic heterocycles. The molecule has 2 N–H and O–H groups in total. The number of aromatic nitrogens is 2. The second kappa shape index (κ2) is 8.26. The SMILES string of the molecule is COC(=O)c1cccc(NC(=S)NCc2ccc(-n3ccnc3)cc2)c1. The van der Waals surface area contributed by atoms with Crippen molar-refractivity contribution in [2.75, 3.05) is 12.4 Å². The van der Waals surface area contributed by atoms with Gasteiger partial charge in [-0.05, 0) is 48.1 Å². The van der Waals surface area contributed by atoms with Gasteiger partial charge >= 0.3 is 5.97 Å². The lowest BCUT2D eigenvalue weighted by Gasteiger charge is -2.12. The van der Waals surface area contributed by atoms with Crippen molar-refractivity contribution >= 4 is 29.0 Å². The summed E-state index contributed by atoms with van der Waals surface area (Å²) in [6, 6.07) is 15.1. The van der Waals surface area contributed by atoms with Crippen molar-refractivity contribution in [1.82, 2.24) is 14.9 Å². The van der Waals surface area contributed by atoms with Gasteiger partial charge in [0.1, 0.15) is 0 Å². The number of thiocarbonyl (C=S) groups is 1. The second-order valence-corrected chi connectivity index (χ2v) is 5.92. The van der Waals surface area contributed by atoms with Crippen molar-refractivity contribution < 1.29 is 9.53 Å². The number of hydrogen-bond acceptors (Lipinski definition) is 4. The summed E-state index contributed by atoms with van der Waals surface area (Å²) in [6.45, 7) is 0.590. The Morgan fingerprint density at radius 1 is 1.23 bits per heavy atom. The molecular formula is C19H18N4O2S. The van der Waals surface area contributed by atoms with E-state index in [0.29, 0.717) is 17.2 Å². The summed E-state index contributed by atoms with van der Waals surface area (Å²) in [7, 11) is 1.35. The van der Waals surface area contributed by atoms with Crippen LogP contribution in [-0.2, 0) is 11.3 Å². The lowest BCUT2D eigenvalue weighted by Crippen LogP contribution is -2.27. The van der Waals surface area contributed by atoms with Crippen LogP contribution in [0.2, 0.25) is 0 Å². The van der Waals surface area contributed by atoms with E-state index in [1.54, 1.807) is 30.7 Å². The minimum Gasteiger partial charge on any atom is -0.465 e. The highest BCUT2D eigenvalue weighted by atomic mass is 32.1. The van der Waals surface area contributed by atoms with Crippen molar-refractivity contribution in [2.24, 2.45) is 0 Å². The number of nitrogens with one attached hydrogen (secondary N) is 2. The lowest BCUT2D eigenvalue weighted by atomic mass is 10.2. The van der Waals surface area contributed by atoms with E-state index in [1.807, 2.05) is 41.1 Å². The number of carbonyl (C=O) groups is 1. The lowest BCUT2D eigenvalue weighted by molar-refractivity contribution is 0.0601. The molecule has 0 saturated heterocycles. The zero-order valence-electron chi connectivity index (χ0n) is 14.2. The number of anilines is 1. The van der Waals surface area contributed by atoms with Crippen molar-refractivity contribution in [3.8, 4) is 5.69 Å². The van der Waals surface area contributed by atoms with Crippen LogP contribution in [0.4, 0.5) is 5.69 Å². The largest absolute Gasteiger partial charge is 0.465 e. The van der Waals surface area contributed by atoms with Crippen molar-refractivity contribution in [1.29, 1.82) is 0 Å². The fraction of sp³-hybridized carbons (Fsp3) is 0.105. The Labute approximate surface area is 156 Å². The molecule has 3 rings (SSSR count). The number of nitrogens with zero attached hydrogens (tertiary/aromatic N) is 2. The molecule has 0 bridgehead atoms. The monoisotopic (exact) mass is 366 g/mol. The summed E-state index contributed by atoms with van der Waals surface area (Å²) in [6.07, 6.45) is 5.40. The Kier molecular flexibility index (Phi) is 5.60.